The summed E-state index contributed by atoms with van der Waals surface area (Å²) in [4.78, 5) is 14.5. The van der Waals surface area contributed by atoms with E-state index >= 15 is 0 Å². The Morgan fingerprint density at radius 2 is 2.14 bits per heavy atom. The number of rotatable bonds is 5. The number of benzene rings is 1. The van der Waals surface area contributed by atoms with Gasteiger partial charge in [0.2, 0.25) is 0 Å². The molecule has 0 aromatic heterocycles. The predicted molar refractivity (Wildman–Crippen MR) is 83.6 cm³/mol. The van der Waals surface area contributed by atoms with Crippen molar-refractivity contribution in [1.29, 1.82) is 0 Å². The van der Waals surface area contributed by atoms with Crippen molar-refractivity contribution in [3.05, 3.63) is 35.9 Å². The van der Waals surface area contributed by atoms with Gasteiger partial charge in [0.05, 0.1) is 6.61 Å². The molecule has 2 rings (SSSR count). The van der Waals surface area contributed by atoms with Crippen molar-refractivity contribution in [1.82, 2.24) is 4.90 Å². The third-order valence-electron chi connectivity index (χ3n) is 4.33. The van der Waals surface area contributed by atoms with Gasteiger partial charge in [-0.15, -0.1) is 0 Å². The summed E-state index contributed by atoms with van der Waals surface area (Å²) in [6, 6.07) is 10.1. The molecule has 1 aliphatic heterocycles. The summed E-state index contributed by atoms with van der Waals surface area (Å²) in [6.07, 6.45) is 1.77. The molecule has 4 heteroatoms. The molecule has 2 N–H and O–H groups in total. The van der Waals surface area contributed by atoms with Gasteiger partial charge in [0.1, 0.15) is 6.10 Å². The fraction of sp³-hybridized carbons (Fsp3) is 0.588. The van der Waals surface area contributed by atoms with Gasteiger partial charge >= 0.3 is 0 Å². The molecule has 0 saturated carbocycles. The van der Waals surface area contributed by atoms with Gasteiger partial charge in [-0.1, -0.05) is 37.3 Å². The molecular weight excluding hydrogens is 264 g/mol. The van der Waals surface area contributed by atoms with Gasteiger partial charge in [-0.05, 0) is 31.2 Å². The third kappa shape index (κ3) is 4.05. The number of nitrogens with zero attached hydrogens (tertiary/aromatic N) is 1. The quantitative estimate of drug-likeness (QED) is 0.904. The van der Waals surface area contributed by atoms with Crippen molar-refractivity contribution in [3.63, 3.8) is 0 Å². The zero-order chi connectivity index (χ0) is 15.2. The number of likely N-dealkylation sites (tertiary alicyclic amines) is 1. The minimum Gasteiger partial charge on any atom is -0.364 e. The molecule has 1 saturated heterocycles. The number of piperidine rings is 1. The van der Waals surface area contributed by atoms with Crippen molar-refractivity contribution in [2.24, 2.45) is 11.7 Å². The van der Waals surface area contributed by atoms with E-state index in [-0.39, 0.29) is 11.9 Å². The van der Waals surface area contributed by atoms with Crippen LogP contribution in [0.25, 0.3) is 0 Å². The van der Waals surface area contributed by atoms with Crippen LogP contribution in [-0.4, -0.2) is 36.0 Å². The summed E-state index contributed by atoms with van der Waals surface area (Å²) in [5.41, 5.74) is 6.94. The smallest absolute Gasteiger partial charge is 0.251 e. The molecule has 0 bridgehead atoms. The number of carbonyl (C=O) groups is 1. The van der Waals surface area contributed by atoms with E-state index < -0.39 is 6.10 Å². The lowest BCUT2D eigenvalue weighted by atomic mass is 9.90. The van der Waals surface area contributed by atoms with Crippen LogP contribution in [-0.2, 0) is 16.1 Å². The molecule has 0 spiro atoms. The fourth-order valence-corrected chi connectivity index (χ4v) is 2.98. The molecule has 116 valence electrons. The highest BCUT2D eigenvalue weighted by Crippen LogP contribution is 2.23. The van der Waals surface area contributed by atoms with Crippen molar-refractivity contribution in [2.75, 3.05) is 13.1 Å². The van der Waals surface area contributed by atoms with Crippen molar-refractivity contribution in [3.8, 4) is 0 Å². The maximum absolute atomic E-state index is 12.6. The summed E-state index contributed by atoms with van der Waals surface area (Å²) in [6.45, 7) is 5.79. The van der Waals surface area contributed by atoms with Gasteiger partial charge in [-0.3, -0.25) is 4.79 Å². The summed E-state index contributed by atoms with van der Waals surface area (Å²) >= 11 is 0. The molecule has 1 aromatic rings. The zero-order valence-electron chi connectivity index (χ0n) is 13.0. The van der Waals surface area contributed by atoms with Gasteiger partial charge in [0.15, 0.2) is 0 Å². The first-order chi connectivity index (χ1) is 10.1. The Bertz CT molecular complexity index is 449. The van der Waals surface area contributed by atoms with Crippen LogP contribution in [0.3, 0.4) is 0 Å². The zero-order valence-corrected chi connectivity index (χ0v) is 13.0. The molecule has 0 unspecified atom stereocenters. The molecule has 0 radical (unpaired) electrons. The van der Waals surface area contributed by atoms with E-state index in [2.05, 4.69) is 6.92 Å². The second kappa shape index (κ2) is 7.57. The van der Waals surface area contributed by atoms with E-state index in [1.54, 1.807) is 0 Å². The molecule has 1 fully saturated rings. The number of hydrogen-bond acceptors (Lipinski definition) is 3. The molecule has 4 nitrogen and oxygen atoms in total. The summed E-state index contributed by atoms with van der Waals surface area (Å²) in [5.74, 6) is 0.530. The molecule has 1 heterocycles. The van der Waals surface area contributed by atoms with Gasteiger partial charge in [0, 0.05) is 19.1 Å². The number of carbonyl (C=O) groups excluding carboxylic acids is 1. The van der Waals surface area contributed by atoms with E-state index in [4.69, 9.17) is 10.5 Å². The second-order valence-corrected chi connectivity index (χ2v) is 5.89. The topological polar surface area (TPSA) is 55.6 Å². The Hall–Kier alpha value is -1.39. The molecule has 3 atom stereocenters. The Morgan fingerprint density at radius 3 is 2.81 bits per heavy atom. The van der Waals surface area contributed by atoms with E-state index in [0.29, 0.717) is 19.1 Å². The lowest BCUT2D eigenvalue weighted by Gasteiger charge is -2.40. The Labute approximate surface area is 127 Å². The van der Waals surface area contributed by atoms with Crippen LogP contribution in [0.4, 0.5) is 0 Å². The molecule has 1 amide bonds. The fourth-order valence-electron chi connectivity index (χ4n) is 2.98. The highest BCUT2D eigenvalue weighted by Gasteiger charge is 2.33. The van der Waals surface area contributed by atoms with E-state index in [1.165, 1.54) is 0 Å². The number of amides is 1. The standard InChI is InChI=1S/C17H26N2O2/c1-13-7-6-10-19(16(13)11-18)17(20)14(2)21-12-15-8-4-3-5-9-15/h3-5,8-9,13-14,16H,6-7,10-12,18H2,1-2H3/t13-,14-,16+/m0/s1. The maximum atomic E-state index is 12.6. The largest absolute Gasteiger partial charge is 0.364 e. The van der Waals surface area contributed by atoms with Crippen molar-refractivity contribution >= 4 is 5.91 Å². The van der Waals surface area contributed by atoms with Gasteiger partial charge < -0.3 is 15.4 Å². The van der Waals surface area contributed by atoms with Crippen LogP contribution in [0.2, 0.25) is 0 Å². The highest BCUT2D eigenvalue weighted by molar-refractivity contribution is 5.81. The lowest BCUT2D eigenvalue weighted by Crippen LogP contribution is -2.54. The van der Waals surface area contributed by atoms with E-state index in [9.17, 15) is 4.79 Å². The normalized spacial score (nSPS) is 23.9. The van der Waals surface area contributed by atoms with Crippen LogP contribution in [0.15, 0.2) is 30.3 Å². The van der Waals surface area contributed by atoms with Crippen LogP contribution in [0.5, 0.6) is 0 Å². The lowest BCUT2D eigenvalue weighted by molar-refractivity contribution is -0.148. The van der Waals surface area contributed by atoms with Crippen molar-refractivity contribution in [2.45, 2.75) is 45.4 Å². The summed E-state index contributed by atoms with van der Waals surface area (Å²) in [5, 5.41) is 0. The Morgan fingerprint density at radius 1 is 1.43 bits per heavy atom. The number of nitrogens with two attached hydrogens (primary N) is 1. The SMILES string of the molecule is C[C@H](OCc1ccccc1)C(=O)N1CCC[C@H](C)[C@H]1CN. The summed E-state index contributed by atoms with van der Waals surface area (Å²) in [7, 11) is 0. The minimum atomic E-state index is -0.426. The second-order valence-electron chi connectivity index (χ2n) is 5.89. The highest BCUT2D eigenvalue weighted by atomic mass is 16.5. The Kier molecular flexibility index (Phi) is 5.76. The van der Waals surface area contributed by atoms with Crippen molar-refractivity contribution < 1.29 is 9.53 Å². The average Bonchev–Trinajstić information content (AvgIpc) is 2.52. The van der Waals surface area contributed by atoms with Crippen LogP contribution in [0.1, 0.15) is 32.3 Å². The van der Waals surface area contributed by atoms with E-state index in [1.807, 2.05) is 42.2 Å². The average molecular weight is 290 g/mol. The first-order valence-corrected chi connectivity index (χ1v) is 7.79. The molecule has 0 aliphatic carbocycles. The first kappa shape index (κ1) is 16.0. The molecule has 1 aromatic carbocycles. The number of hydrogen-bond donors (Lipinski definition) is 1. The van der Waals surface area contributed by atoms with Crippen LogP contribution in [0, 0.1) is 5.92 Å². The molecular formula is C17H26N2O2. The predicted octanol–water partition coefficient (Wildman–Crippen LogP) is 2.18. The van der Waals surface area contributed by atoms with Crippen LogP contribution < -0.4 is 5.73 Å². The van der Waals surface area contributed by atoms with E-state index in [0.717, 1.165) is 24.9 Å². The minimum absolute atomic E-state index is 0.0629. The van der Waals surface area contributed by atoms with Gasteiger partial charge in [-0.2, -0.15) is 0 Å². The summed E-state index contributed by atoms with van der Waals surface area (Å²) < 4.78 is 5.74. The molecule has 1 aliphatic rings. The Balaban J connectivity index is 1.92. The van der Waals surface area contributed by atoms with Gasteiger partial charge in [0.25, 0.3) is 5.91 Å². The number of ether oxygens (including phenoxy) is 1. The van der Waals surface area contributed by atoms with Crippen LogP contribution >= 0.6 is 0 Å². The van der Waals surface area contributed by atoms with Gasteiger partial charge in [-0.25, -0.2) is 0 Å². The monoisotopic (exact) mass is 290 g/mol. The maximum Gasteiger partial charge on any atom is 0.251 e. The first-order valence-electron chi connectivity index (χ1n) is 7.79. The molecule has 21 heavy (non-hydrogen) atoms. The third-order valence-corrected chi connectivity index (χ3v) is 4.33.